The summed E-state index contributed by atoms with van der Waals surface area (Å²) >= 11 is 7.84. The molecule has 158 valence electrons. The van der Waals surface area contributed by atoms with Crippen molar-refractivity contribution in [2.75, 3.05) is 16.4 Å². The van der Waals surface area contributed by atoms with Gasteiger partial charge in [0.05, 0.1) is 11.4 Å². The number of anilines is 2. The van der Waals surface area contributed by atoms with E-state index < -0.39 is 0 Å². The minimum Gasteiger partial charge on any atom is -0.371 e. The summed E-state index contributed by atoms with van der Waals surface area (Å²) in [5, 5.41) is 9.77. The van der Waals surface area contributed by atoms with Crippen LogP contribution >= 0.6 is 23.4 Å². The van der Waals surface area contributed by atoms with E-state index in [1.807, 2.05) is 42.5 Å². The molecule has 1 aliphatic rings. The van der Waals surface area contributed by atoms with Crippen molar-refractivity contribution in [3.8, 4) is 0 Å². The summed E-state index contributed by atoms with van der Waals surface area (Å²) < 4.78 is 0. The third kappa shape index (κ3) is 5.37. The molecule has 2 amide bonds. The molecule has 1 unspecified atom stereocenters. The van der Waals surface area contributed by atoms with Crippen LogP contribution in [0.1, 0.15) is 21.5 Å². The number of thioether (sulfide) groups is 1. The Balaban J connectivity index is 1.34. The normalized spacial score (nSPS) is 14.9. The summed E-state index contributed by atoms with van der Waals surface area (Å²) in [6, 6.07) is 16.3. The molecule has 0 saturated heterocycles. The lowest BCUT2D eigenvalue weighted by molar-refractivity contribution is -0.116. The number of benzene rings is 2. The minimum atomic E-state index is -0.356. The van der Waals surface area contributed by atoms with E-state index in [1.165, 1.54) is 0 Å². The fourth-order valence-electron chi connectivity index (χ4n) is 3.19. The van der Waals surface area contributed by atoms with Crippen molar-refractivity contribution in [3.63, 3.8) is 0 Å². The van der Waals surface area contributed by atoms with Crippen LogP contribution in [0.15, 0.2) is 67.0 Å². The van der Waals surface area contributed by atoms with Gasteiger partial charge in [-0.2, -0.15) is 11.8 Å². The van der Waals surface area contributed by atoms with Gasteiger partial charge in [0, 0.05) is 41.0 Å². The van der Waals surface area contributed by atoms with Gasteiger partial charge in [-0.05, 0) is 41.5 Å². The summed E-state index contributed by atoms with van der Waals surface area (Å²) in [6.07, 6.45) is 3.40. The molecule has 6 nitrogen and oxygen atoms in total. The van der Waals surface area contributed by atoms with Gasteiger partial charge in [0.1, 0.15) is 6.04 Å². The van der Waals surface area contributed by atoms with Gasteiger partial charge in [-0.15, -0.1) is 0 Å². The van der Waals surface area contributed by atoms with Gasteiger partial charge in [0.25, 0.3) is 5.91 Å². The lowest BCUT2D eigenvalue weighted by atomic mass is 10.1. The Morgan fingerprint density at radius 2 is 2.00 bits per heavy atom. The molecule has 3 aromatic rings. The molecule has 1 aliphatic heterocycles. The molecule has 0 aliphatic carbocycles. The summed E-state index contributed by atoms with van der Waals surface area (Å²) in [5.41, 5.74) is 3.85. The van der Waals surface area contributed by atoms with E-state index >= 15 is 0 Å². The van der Waals surface area contributed by atoms with Gasteiger partial charge in [-0.1, -0.05) is 35.9 Å². The molecule has 1 atom stereocenters. The van der Waals surface area contributed by atoms with E-state index in [9.17, 15) is 9.59 Å². The Hall–Kier alpha value is -3.03. The Morgan fingerprint density at radius 3 is 2.81 bits per heavy atom. The number of hydrogen-bond acceptors (Lipinski definition) is 5. The van der Waals surface area contributed by atoms with Crippen LogP contribution in [0, 0.1) is 0 Å². The van der Waals surface area contributed by atoms with Gasteiger partial charge >= 0.3 is 0 Å². The highest BCUT2D eigenvalue weighted by molar-refractivity contribution is 7.98. The molecule has 0 saturated carbocycles. The van der Waals surface area contributed by atoms with Crippen LogP contribution in [-0.4, -0.2) is 28.6 Å². The Kier molecular flexibility index (Phi) is 6.74. The minimum absolute atomic E-state index is 0.118. The number of fused-ring (bicyclic) bond motifs is 1. The van der Waals surface area contributed by atoms with Crippen LogP contribution in [0.3, 0.4) is 0 Å². The van der Waals surface area contributed by atoms with Crippen LogP contribution in [0.5, 0.6) is 0 Å². The number of amides is 2. The second-order valence-electron chi connectivity index (χ2n) is 7.10. The standard InChI is InChI=1S/C23H21ClN4O2S/c24-18-6-2-1-5-17(18)13-31-14-21-23(30)28-20-10-16(7-8-19(20)27-21)22(29)26-12-15-4-3-9-25-11-15/h1-11,21,27H,12-14H2,(H,26,29)(H,28,30). The highest BCUT2D eigenvalue weighted by Gasteiger charge is 2.26. The van der Waals surface area contributed by atoms with Crippen molar-refractivity contribution in [3.05, 3.63) is 88.7 Å². The maximum absolute atomic E-state index is 12.5. The molecule has 1 aromatic heterocycles. The first kappa shape index (κ1) is 21.2. The molecule has 4 rings (SSSR count). The van der Waals surface area contributed by atoms with E-state index in [2.05, 4.69) is 20.9 Å². The van der Waals surface area contributed by atoms with Crippen molar-refractivity contribution in [1.29, 1.82) is 0 Å². The van der Waals surface area contributed by atoms with Crippen molar-refractivity contribution in [2.24, 2.45) is 0 Å². The molecule has 31 heavy (non-hydrogen) atoms. The molecule has 0 spiro atoms. The SMILES string of the molecule is O=C(NCc1cccnc1)c1ccc2c(c1)NC(=O)C(CSCc1ccccc1Cl)N2. The largest absolute Gasteiger partial charge is 0.371 e. The maximum Gasteiger partial charge on any atom is 0.251 e. The lowest BCUT2D eigenvalue weighted by Crippen LogP contribution is -2.40. The highest BCUT2D eigenvalue weighted by Crippen LogP contribution is 2.29. The average molecular weight is 453 g/mol. The fraction of sp³-hybridized carbons (Fsp3) is 0.174. The van der Waals surface area contributed by atoms with Gasteiger partial charge in [0.15, 0.2) is 0 Å². The van der Waals surface area contributed by atoms with Crippen molar-refractivity contribution >= 4 is 46.6 Å². The topological polar surface area (TPSA) is 83.1 Å². The zero-order valence-corrected chi connectivity index (χ0v) is 18.2. The number of rotatable bonds is 7. The zero-order valence-electron chi connectivity index (χ0n) is 16.6. The Labute approximate surface area is 189 Å². The van der Waals surface area contributed by atoms with Crippen molar-refractivity contribution < 1.29 is 9.59 Å². The molecular weight excluding hydrogens is 432 g/mol. The molecule has 0 bridgehead atoms. The summed E-state index contributed by atoms with van der Waals surface area (Å²) in [4.78, 5) is 29.0. The van der Waals surface area contributed by atoms with Gasteiger partial charge in [-0.3, -0.25) is 14.6 Å². The predicted molar refractivity (Wildman–Crippen MR) is 126 cm³/mol. The quantitative estimate of drug-likeness (QED) is 0.497. The highest BCUT2D eigenvalue weighted by atomic mass is 35.5. The number of aromatic nitrogens is 1. The molecule has 0 fully saturated rings. The lowest BCUT2D eigenvalue weighted by Gasteiger charge is -2.27. The first-order chi connectivity index (χ1) is 15.1. The smallest absolute Gasteiger partial charge is 0.251 e. The van der Waals surface area contributed by atoms with Crippen molar-refractivity contribution in [2.45, 2.75) is 18.3 Å². The zero-order chi connectivity index (χ0) is 21.6. The summed E-state index contributed by atoms with van der Waals surface area (Å²) in [7, 11) is 0. The van der Waals surface area contributed by atoms with Crippen LogP contribution < -0.4 is 16.0 Å². The van der Waals surface area contributed by atoms with Crippen LogP contribution in [0.25, 0.3) is 0 Å². The van der Waals surface area contributed by atoms with Gasteiger partial charge in [0.2, 0.25) is 5.91 Å². The average Bonchev–Trinajstić information content (AvgIpc) is 2.79. The van der Waals surface area contributed by atoms with E-state index in [1.54, 1.807) is 36.3 Å². The number of pyridine rings is 1. The first-order valence-corrected chi connectivity index (χ1v) is 11.3. The van der Waals surface area contributed by atoms with Crippen LogP contribution in [-0.2, 0) is 17.1 Å². The molecule has 2 heterocycles. The summed E-state index contributed by atoms with van der Waals surface area (Å²) in [5.74, 6) is 1.00. The van der Waals surface area contributed by atoms with Crippen LogP contribution in [0.4, 0.5) is 11.4 Å². The monoisotopic (exact) mass is 452 g/mol. The number of carbonyl (C=O) groups excluding carboxylic acids is 2. The van der Waals surface area contributed by atoms with Gasteiger partial charge < -0.3 is 16.0 Å². The number of halogens is 1. The number of carbonyl (C=O) groups is 2. The molecule has 3 N–H and O–H groups in total. The first-order valence-electron chi connectivity index (χ1n) is 9.80. The second kappa shape index (κ2) is 9.85. The Bertz CT molecular complexity index is 1090. The number of hydrogen-bond donors (Lipinski definition) is 3. The predicted octanol–water partition coefficient (Wildman–Crippen LogP) is 4.33. The fourth-order valence-corrected chi connectivity index (χ4v) is 4.54. The van der Waals surface area contributed by atoms with E-state index in [0.29, 0.717) is 23.5 Å². The van der Waals surface area contributed by atoms with Crippen molar-refractivity contribution in [1.82, 2.24) is 10.3 Å². The maximum atomic E-state index is 12.5. The van der Waals surface area contributed by atoms with E-state index in [4.69, 9.17) is 11.6 Å². The van der Waals surface area contributed by atoms with E-state index in [-0.39, 0.29) is 17.9 Å². The second-order valence-corrected chi connectivity index (χ2v) is 8.53. The van der Waals surface area contributed by atoms with Gasteiger partial charge in [-0.25, -0.2) is 0 Å². The molecular formula is C23H21ClN4O2S. The third-order valence-electron chi connectivity index (χ3n) is 4.86. The summed E-state index contributed by atoms with van der Waals surface area (Å²) in [6.45, 7) is 0.388. The Morgan fingerprint density at radius 1 is 1.13 bits per heavy atom. The number of nitrogens with one attached hydrogen (secondary N) is 3. The van der Waals surface area contributed by atoms with E-state index in [0.717, 1.165) is 27.6 Å². The molecule has 2 aromatic carbocycles. The molecule has 0 radical (unpaired) electrons. The third-order valence-corrected chi connectivity index (χ3v) is 6.31. The molecule has 8 heteroatoms. The number of nitrogens with zero attached hydrogens (tertiary/aromatic N) is 1. The van der Waals surface area contributed by atoms with Crippen LogP contribution in [0.2, 0.25) is 5.02 Å².